The summed E-state index contributed by atoms with van der Waals surface area (Å²) in [7, 11) is 0. The highest BCUT2D eigenvalue weighted by Gasteiger charge is 2.35. The first-order valence-corrected chi connectivity index (χ1v) is 7.16. The summed E-state index contributed by atoms with van der Waals surface area (Å²) < 4.78 is 6.50. The Hall–Kier alpha value is -0.620. The molecule has 1 aromatic rings. The first-order valence-electron chi connectivity index (χ1n) is 6.08. The van der Waals surface area contributed by atoms with E-state index in [9.17, 15) is 4.79 Å². The number of morpholine rings is 1. The van der Waals surface area contributed by atoms with Gasteiger partial charge in [0.2, 0.25) is 0 Å². The molecule has 1 saturated heterocycles. The Morgan fingerprint density at radius 3 is 2.83 bits per heavy atom. The van der Waals surface area contributed by atoms with E-state index in [0.29, 0.717) is 19.8 Å². The van der Waals surface area contributed by atoms with Crippen LogP contribution in [0.3, 0.4) is 0 Å². The van der Waals surface area contributed by atoms with Crippen molar-refractivity contribution in [2.24, 2.45) is 0 Å². The van der Waals surface area contributed by atoms with Gasteiger partial charge in [0.15, 0.2) is 0 Å². The van der Waals surface area contributed by atoms with Gasteiger partial charge < -0.3 is 9.64 Å². The fourth-order valence-corrected chi connectivity index (χ4v) is 2.78. The fraction of sp³-hybridized carbons (Fsp3) is 0.500. The smallest absolute Gasteiger partial charge is 0.255 e. The van der Waals surface area contributed by atoms with Crippen molar-refractivity contribution >= 4 is 28.5 Å². The number of hydrogen-bond donors (Lipinski definition) is 0. The first-order chi connectivity index (χ1) is 8.43. The van der Waals surface area contributed by atoms with Crippen LogP contribution >= 0.6 is 22.6 Å². The lowest BCUT2D eigenvalue weighted by Crippen LogP contribution is -2.55. The zero-order valence-electron chi connectivity index (χ0n) is 11.0. The zero-order valence-corrected chi connectivity index (χ0v) is 13.2. The summed E-state index contributed by atoms with van der Waals surface area (Å²) in [5.41, 5.74) is 1.71. The molecule has 0 radical (unpaired) electrons. The third kappa shape index (κ3) is 2.54. The Morgan fingerprint density at radius 1 is 1.44 bits per heavy atom. The number of hydrogen-bond acceptors (Lipinski definition) is 2. The van der Waals surface area contributed by atoms with Gasteiger partial charge in [0.25, 0.3) is 5.91 Å². The van der Waals surface area contributed by atoms with Crippen LogP contribution in [0.4, 0.5) is 0 Å². The minimum atomic E-state index is -0.234. The minimum Gasteiger partial charge on any atom is -0.377 e. The molecule has 98 valence electrons. The van der Waals surface area contributed by atoms with E-state index in [1.807, 2.05) is 43.9 Å². The lowest BCUT2D eigenvalue weighted by molar-refractivity contribution is -0.0371. The van der Waals surface area contributed by atoms with Crippen LogP contribution in [0.2, 0.25) is 0 Å². The number of halogens is 1. The molecule has 3 nitrogen and oxygen atoms in total. The molecule has 0 N–H and O–H groups in total. The van der Waals surface area contributed by atoms with Crippen LogP contribution < -0.4 is 0 Å². The Kier molecular flexibility index (Phi) is 3.96. The highest BCUT2D eigenvalue weighted by atomic mass is 127. The summed E-state index contributed by atoms with van der Waals surface area (Å²) in [6, 6.07) is 5.88. The molecule has 0 aromatic heterocycles. The maximum Gasteiger partial charge on any atom is 0.255 e. The van der Waals surface area contributed by atoms with Crippen molar-refractivity contribution in [2.75, 3.05) is 19.8 Å². The number of ether oxygens (including phenoxy) is 1. The Morgan fingerprint density at radius 2 is 2.17 bits per heavy atom. The van der Waals surface area contributed by atoms with E-state index in [4.69, 9.17) is 4.74 Å². The molecule has 18 heavy (non-hydrogen) atoms. The van der Waals surface area contributed by atoms with Crippen LogP contribution in [0.15, 0.2) is 18.2 Å². The van der Waals surface area contributed by atoms with Crippen molar-refractivity contribution in [1.82, 2.24) is 4.90 Å². The maximum absolute atomic E-state index is 12.7. The Balaban J connectivity index is 2.33. The molecule has 4 heteroatoms. The molecular weight excluding hydrogens is 341 g/mol. The molecule has 0 atom stereocenters. The number of carbonyl (C=O) groups is 1. The molecule has 1 amide bonds. The molecule has 0 saturated carbocycles. The molecule has 1 aliphatic heterocycles. The zero-order chi connectivity index (χ0) is 13.3. The lowest BCUT2D eigenvalue weighted by Gasteiger charge is -2.42. The summed E-state index contributed by atoms with van der Waals surface area (Å²) in [6.07, 6.45) is 0. The van der Waals surface area contributed by atoms with Crippen molar-refractivity contribution in [2.45, 2.75) is 26.3 Å². The average molecular weight is 359 g/mol. The minimum absolute atomic E-state index is 0.108. The molecule has 0 spiro atoms. The molecule has 0 unspecified atom stereocenters. The number of aryl methyl sites for hydroxylation is 1. The van der Waals surface area contributed by atoms with E-state index in [1.165, 1.54) is 0 Å². The van der Waals surface area contributed by atoms with Crippen molar-refractivity contribution in [3.05, 3.63) is 32.9 Å². The van der Waals surface area contributed by atoms with Crippen molar-refractivity contribution in [3.63, 3.8) is 0 Å². The van der Waals surface area contributed by atoms with Crippen LogP contribution in [0.1, 0.15) is 29.8 Å². The molecule has 0 bridgehead atoms. The normalized spacial score (nSPS) is 18.8. The summed E-state index contributed by atoms with van der Waals surface area (Å²) >= 11 is 2.25. The van der Waals surface area contributed by atoms with Gasteiger partial charge in [-0.15, -0.1) is 0 Å². The molecular formula is C14H18INO2. The second kappa shape index (κ2) is 5.17. The highest BCUT2D eigenvalue weighted by molar-refractivity contribution is 14.1. The van der Waals surface area contributed by atoms with E-state index in [1.54, 1.807) is 0 Å². The largest absolute Gasteiger partial charge is 0.377 e. The average Bonchev–Trinajstić information content (AvgIpc) is 2.31. The van der Waals surface area contributed by atoms with Gasteiger partial charge in [0.05, 0.1) is 24.3 Å². The number of benzene rings is 1. The van der Waals surface area contributed by atoms with Gasteiger partial charge in [-0.1, -0.05) is 12.1 Å². The highest BCUT2D eigenvalue weighted by Crippen LogP contribution is 2.25. The quantitative estimate of drug-likeness (QED) is 0.722. The van der Waals surface area contributed by atoms with E-state index in [-0.39, 0.29) is 11.4 Å². The van der Waals surface area contributed by atoms with Crippen molar-refractivity contribution in [1.29, 1.82) is 0 Å². The van der Waals surface area contributed by atoms with Crippen molar-refractivity contribution in [3.8, 4) is 0 Å². The standard InChI is InChI=1S/C14H18INO2/c1-10-5-4-6-11(12(10)15)13(17)16-7-8-18-9-14(16,2)3/h4-6H,7-9H2,1-3H3. The van der Waals surface area contributed by atoms with Gasteiger partial charge in [-0.25, -0.2) is 0 Å². The summed E-state index contributed by atoms with van der Waals surface area (Å²) in [6.45, 7) is 8.01. The SMILES string of the molecule is Cc1cccc(C(=O)N2CCOCC2(C)C)c1I. The second-order valence-electron chi connectivity index (χ2n) is 5.26. The van der Waals surface area contributed by atoms with Crippen LogP contribution in [-0.2, 0) is 4.74 Å². The number of nitrogens with zero attached hydrogens (tertiary/aromatic N) is 1. The second-order valence-corrected chi connectivity index (χ2v) is 6.34. The lowest BCUT2D eigenvalue weighted by atomic mass is 10.0. The summed E-state index contributed by atoms with van der Waals surface area (Å²) in [5.74, 6) is 0.108. The molecule has 1 aromatic carbocycles. The van der Waals surface area contributed by atoms with E-state index in [0.717, 1.165) is 14.7 Å². The predicted molar refractivity (Wildman–Crippen MR) is 79.8 cm³/mol. The van der Waals surface area contributed by atoms with Gasteiger partial charge in [0, 0.05) is 10.1 Å². The molecule has 1 heterocycles. The summed E-state index contributed by atoms with van der Waals surface area (Å²) in [4.78, 5) is 14.6. The van der Waals surface area contributed by atoms with Gasteiger partial charge in [-0.3, -0.25) is 4.79 Å². The van der Waals surface area contributed by atoms with Gasteiger partial charge in [0.1, 0.15) is 0 Å². The Bertz CT molecular complexity index is 471. The number of carbonyl (C=O) groups excluding carboxylic acids is 1. The van der Waals surface area contributed by atoms with Crippen LogP contribution in [0.5, 0.6) is 0 Å². The third-order valence-electron chi connectivity index (χ3n) is 3.31. The van der Waals surface area contributed by atoms with Gasteiger partial charge >= 0.3 is 0 Å². The maximum atomic E-state index is 12.7. The van der Waals surface area contributed by atoms with Crippen LogP contribution in [-0.4, -0.2) is 36.1 Å². The third-order valence-corrected chi connectivity index (χ3v) is 4.74. The monoisotopic (exact) mass is 359 g/mol. The van der Waals surface area contributed by atoms with E-state index < -0.39 is 0 Å². The first kappa shape index (κ1) is 13.8. The summed E-state index contributed by atoms with van der Waals surface area (Å²) in [5, 5.41) is 0. The molecule has 2 rings (SSSR count). The van der Waals surface area contributed by atoms with Crippen LogP contribution in [0.25, 0.3) is 0 Å². The molecule has 0 aliphatic carbocycles. The van der Waals surface area contributed by atoms with Crippen molar-refractivity contribution < 1.29 is 9.53 Å². The van der Waals surface area contributed by atoms with Crippen LogP contribution in [0, 0.1) is 10.5 Å². The molecule has 1 aliphatic rings. The predicted octanol–water partition coefficient (Wildman–Crippen LogP) is 2.85. The topological polar surface area (TPSA) is 29.5 Å². The molecule has 1 fully saturated rings. The number of amides is 1. The van der Waals surface area contributed by atoms with Gasteiger partial charge in [-0.2, -0.15) is 0 Å². The fourth-order valence-electron chi connectivity index (χ4n) is 2.19. The Labute approximate surface area is 122 Å². The van der Waals surface area contributed by atoms with E-state index in [2.05, 4.69) is 22.6 Å². The van der Waals surface area contributed by atoms with Gasteiger partial charge in [-0.05, 0) is 55.0 Å². The van der Waals surface area contributed by atoms with E-state index >= 15 is 0 Å². The number of rotatable bonds is 1.